The summed E-state index contributed by atoms with van der Waals surface area (Å²) in [6, 6.07) is 0. The van der Waals surface area contributed by atoms with Crippen molar-refractivity contribution in [3.05, 3.63) is 11.9 Å². The second-order valence-electron chi connectivity index (χ2n) is 5.83. The van der Waals surface area contributed by atoms with Crippen LogP contribution < -0.4 is 4.74 Å². The first-order valence-corrected chi connectivity index (χ1v) is 7.62. The molecule has 0 amide bonds. The molecule has 1 heterocycles. The van der Waals surface area contributed by atoms with E-state index in [1.165, 1.54) is 0 Å². The minimum Gasteiger partial charge on any atom is -0.493 e. The van der Waals surface area contributed by atoms with Crippen LogP contribution in [0.1, 0.15) is 31.6 Å². The van der Waals surface area contributed by atoms with Gasteiger partial charge in [0.2, 0.25) is 0 Å². The van der Waals surface area contributed by atoms with Crippen molar-refractivity contribution < 1.29 is 14.6 Å². The van der Waals surface area contributed by atoms with Crippen molar-refractivity contribution in [1.29, 1.82) is 0 Å². The number of ether oxygens (including phenoxy) is 2. The van der Waals surface area contributed by atoms with Crippen molar-refractivity contribution in [3.8, 4) is 5.75 Å². The van der Waals surface area contributed by atoms with Crippen molar-refractivity contribution in [2.24, 2.45) is 5.92 Å². The van der Waals surface area contributed by atoms with Crippen LogP contribution in [0, 0.1) is 5.92 Å². The predicted molar refractivity (Wildman–Crippen MR) is 80.4 cm³/mol. The molecule has 0 spiro atoms. The molecule has 0 aromatic carbocycles. The molecule has 2 rings (SSSR count). The Bertz CT molecular complexity index is 443. The minimum absolute atomic E-state index is 0.168. The largest absolute Gasteiger partial charge is 0.493 e. The first-order chi connectivity index (χ1) is 10.1. The number of methoxy groups -OCH3 is 1. The number of aromatic nitrogens is 2. The zero-order chi connectivity index (χ0) is 15.4. The van der Waals surface area contributed by atoms with Crippen molar-refractivity contribution in [1.82, 2.24) is 14.7 Å². The minimum atomic E-state index is -0.697. The standard InChI is InChI=1S/C15H27N3O3/c1-5-21-15(11-6-7-11)14(19)13-12(20-4)10-16-18(13)9-8-17(2)3/h10-11,14-15,19H,5-9H2,1-4H3. The van der Waals surface area contributed by atoms with Crippen molar-refractivity contribution >= 4 is 0 Å². The topological polar surface area (TPSA) is 59.8 Å². The first-order valence-electron chi connectivity index (χ1n) is 7.62. The zero-order valence-corrected chi connectivity index (χ0v) is 13.5. The Morgan fingerprint density at radius 1 is 1.48 bits per heavy atom. The van der Waals surface area contributed by atoms with Crippen LogP contribution in [0.4, 0.5) is 0 Å². The van der Waals surface area contributed by atoms with Gasteiger partial charge in [-0.25, -0.2) is 0 Å². The number of hydrogen-bond acceptors (Lipinski definition) is 5. The van der Waals surface area contributed by atoms with Crippen LogP contribution in [0.25, 0.3) is 0 Å². The van der Waals surface area contributed by atoms with Gasteiger partial charge in [0.25, 0.3) is 0 Å². The van der Waals surface area contributed by atoms with Gasteiger partial charge in [-0.2, -0.15) is 5.10 Å². The molecule has 0 saturated heterocycles. The Morgan fingerprint density at radius 2 is 2.19 bits per heavy atom. The second kappa shape index (κ2) is 7.24. The Morgan fingerprint density at radius 3 is 2.71 bits per heavy atom. The molecule has 21 heavy (non-hydrogen) atoms. The van der Waals surface area contributed by atoms with Gasteiger partial charge in [-0.3, -0.25) is 4.68 Å². The summed E-state index contributed by atoms with van der Waals surface area (Å²) in [5, 5.41) is 15.1. The van der Waals surface area contributed by atoms with Crippen LogP contribution in [-0.2, 0) is 11.3 Å². The fourth-order valence-electron chi connectivity index (χ4n) is 2.56. The molecule has 2 atom stereocenters. The van der Waals surface area contributed by atoms with Gasteiger partial charge >= 0.3 is 0 Å². The Labute approximate surface area is 126 Å². The summed E-state index contributed by atoms with van der Waals surface area (Å²) in [5.74, 6) is 1.08. The van der Waals surface area contributed by atoms with Crippen molar-refractivity contribution in [2.75, 3.05) is 34.4 Å². The van der Waals surface area contributed by atoms with E-state index in [0.717, 1.165) is 25.1 Å². The number of nitrogens with zero attached hydrogens (tertiary/aromatic N) is 3. The SMILES string of the molecule is CCOC(C1CC1)C(O)c1c(OC)cnn1CCN(C)C. The summed E-state index contributed by atoms with van der Waals surface area (Å²) < 4.78 is 13.0. The Kier molecular flexibility index (Phi) is 5.61. The molecular weight excluding hydrogens is 270 g/mol. The molecule has 1 fully saturated rings. The van der Waals surface area contributed by atoms with Gasteiger partial charge < -0.3 is 19.5 Å². The van der Waals surface area contributed by atoms with E-state index in [0.29, 0.717) is 24.8 Å². The van der Waals surface area contributed by atoms with Crippen molar-refractivity contribution in [2.45, 2.75) is 38.5 Å². The third-order valence-corrected chi connectivity index (χ3v) is 3.86. The third-order valence-electron chi connectivity index (χ3n) is 3.86. The predicted octanol–water partition coefficient (Wildman–Crippen LogP) is 1.30. The van der Waals surface area contributed by atoms with Gasteiger partial charge in [-0.05, 0) is 39.8 Å². The maximum Gasteiger partial charge on any atom is 0.162 e. The fourth-order valence-corrected chi connectivity index (χ4v) is 2.56. The monoisotopic (exact) mass is 297 g/mol. The molecule has 6 nitrogen and oxygen atoms in total. The highest BCUT2D eigenvalue weighted by atomic mass is 16.5. The van der Waals surface area contributed by atoms with E-state index in [9.17, 15) is 5.11 Å². The van der Waals surface area contributed by atoms with Crippen LogP contribution in [0.5, 0.6) is 5.75 Å². The van der Waals surface area contributed by atoms with E-state index in [1.807, 2.05) is 25.7 Å². The average Bonchev–Trinajstić information content (AvgIpc) is 3.21. The number of aliphatic hydroxyl groups excluding tert-OH is 1. The maximum absolute atomic E-state index is 10.8. The van der Waals surface area contributed by atoms with Crippen LogP contribution in [-0.4, -0.2) is 60.2 Å². The summed E-state index contributed by atoms with van der Waals surface area (Å²) in [6.45, 7) is 4.13. The molecule has 0 bridgehead atoms. The molecular formula is C15H27N3O3. The van der Waals surface area contributed by atoms with Crippen LogP contribution in [0.15, 0.2) is 6.20 Å². The van der Waals surface area contributed by atoms with Gasteiger partial charge in [0, 0.05) is 13.2 Å². The summed E-state index contributed by atoms with van der Waals surface area (Å²) >= 11 is 0. The Balaban J connectivity index is 2.20. The normalized spacial score (nSPS) is 18.0. The third kappa shape index (κ3) is 3.96. The first kappa shape index (κ1) is 16.3. The van der Waals surface area contributed by atoms with Crippen LogP contribution in [0.3, 0.4) is 0 Å². The molecule has 1 saturated carbocycles. The molecule has 1 aromatic heterocycles. The highest BCUT2D eigenvalue weighted by molar-refractivity contribution is 5.28. The van der Waals surface area contributed by atoms with E-state index in [2.05, 4.69) is 10.00 Å². The number of aliphatic hydroxyl groups is 1. The average molecular weight is 297 g/mol. The van der Waals surface area contributed by atoms with Crippen molar-refractivity contribution in [3.63, 3.8) is 0 Å². The lowest BCUT2D eigenvalue weighted by Crippen LogP contribution is -2.28. The summed E-state index contributed by atoms with van der Waals surface area (Å²) in [4.78, 5) is 2.09. The van der Waals surface area contributed by atoms with Gasteiger partial charge in [0.05, 0.1) is 26.0 Å². The molecule has 1 aliphatic rings. The maximum atomic E-state index is 10.8. The molecule has 1 N–H and O–H groups in total. The quantitative estimate of drug-likeness (QED) is 0.744. The second-order valence-corrected chi connectivity index (χ2v) is 5.83. The van der Waals surface area contributed by atoms with E-state index in [1.54, 1.807) is 13.3 Å². The van der Waals surface area contributed by atoms with Gasteiger partial charge in [0.15, 0.2) is 5.75 Å². The molecule has 0 aliphatic heterocycles. The number of likely N-dealkylation sites (N-methyl/N-ethyl adjacent to an activating group) is 1. The van der Waals surface area contributed by atoms with Gasteiger partial charge in [0.1, 0.15) is 11.8 Å². The molecule has 6 heteroatoms. The highest BCUT2D eigenvalue weighted by Gasteiger charge is 2.39. The molecule has 1 aromatic rings. The highest BCUT2D eigenvalue weighted by Crippen LogP contribution is 2.41. The summed E-state index contributed by atoms with van der Waals surface area (Å²) in [5.41, 5.74) is 0.727. The Hall–Kier alpha value is -1.11. The van der Waals surface area contributed by atoms with Crippen LogP contribution >= 0.6 is 0 Å². The van der Waals surface area contributed by atoms with Gasteiger partial charge in [-0.15, -0.1) is 0 Å². The smallest absolute Gasteiger partial charge is 0.162 e. The van der Waals surface area contributed by atoms with E-state index in [4.69, 9.17) is 9.47 Å². The zero-order valence-electron chi connectivity index (χ0n) is 13.5. The molecule has 120 valence electrons. The summed E-state index contributed by atoms with van der Waals surface area (Å²) in [7, 11) is 5.64. The summed E-state index contributed by atoms with van der Waals surface area (Å²) in [6.07, 6.45) is 3.05. The lowest BCUT2D eigenvalue weighted by Gasteiger charge is -2.24. The van der Waals surface area contributed by atoms with E-state index < -0.39 is 6.10 Å². The number of rotatable bonds is 9. The van der Waals surface area contributed by atoms with E-state index >= 15 is 0 Å². The van der Waals surface area contributed by atoms with Crippen LogP contribution in [0.2, 0.25) is 0 Å². The number of hydrogen-bond donors (Lipinski definition) is 1. The fraction of sp³-hybridized carbons (Fsp3) is 0.800. The lowest BCUT2D eigenvalue weighted by molar-refractivity contribution is -0.0504. The van der Waals surface area contributed by atoms with Gasteiger partial charge in [-0.1, -0.05) is 0 Å². The molecule has 1 aliphatic carbocycles. The lowest BCUT2D eigenvalue weighted by atomic mass is 10.1. The molecule has 0 radical (unpaired) electrons. The van der Waals surface area contributed by atoms with E-state index in [-0.39, 0.29) is 6.10 Å². The molecule has 2 unspecified atom stereocenters.